The van der Waals surface area contributed by atoms with E-state index in [9.17, 15) is 17.2 Å². The smallest absolute Gasteiger partial charge is 0.246 e. The van der Waals surface area contributed by atoms with Gasteiger partial charge in [-0.1, -0.05) is 0 Å². The van der Waals surface area contributed by atoms with Crippen LogP contribution in [0, 0.1) is 11.6 Å². The van der Waals surface area contributed by atoms with Gasteiger partial charge < -0.3 is 5.32 Å². The molecule has 0 aromatic heterocycles. The highest BCUT2D eigenvalue weighted by Gasteiger charge is 2.30. The lowest BCUT2D eigenvalue weighted by atomic mass is 10.3. The van der Waals surface area contributed by atoms with E-state index < -0.39 is 26.6 Å². The third-order valence-electron chi connectivity index (χ3n) is 2.84. The molecule has 0 saturated carbocycles. The van der Waals surface area contributed by atoms with E-state index in [-0.39, 0.29) is 31.5 Å². The van der Waals surface area contributed by atoms with Gasteiger partial charge in [-0.3, -0.25) is 0 Å². The Morgan fingerprint density at radius 3 is 2.63 bits per heavy atom. The molecule has 1 atom stereocenters. The molecule has 1 N–H and O–H groups in total. The fourth-order valence-electron chi connectivity index (χ4n) is 1.94. The summed E-state index contributed by atoms with van der Waals surface area (Å²) in [5, 5.41) is 3.10. The maximum atomic E-state index is 13.5. The van der Waals surface area contributed by atoms with Crippen LogP contribution >= 0.6 is 12.4 Å². The molecule has 0 bridgehead atoms. The Morgan fingerprint density at radius 1 is 1.37 bits per heavy atom. The summed E-state index contributed by atoms with van der Waals surface area (Å²) in [6, 6.07) is 2.50. The highest BCUT2D eigenvalue weighted by atomic mass is 35.5. The molecule has 1 aliphatic rings. The number of piperazine rings is 1. The van der Waals surface area contributed by atoms with E-state index in [4.69, 9.17) is 0 Å². The van der Waals surface area contributed by atoms with Crippen LogP contribution in [0.4, 0.5) is 8.78 Å². The van der Waals surface area contributed by atoms with E-state index in [1.165, 1.54) is 4.31 Å². The van der Waals surface area contributed by atoms with Gasteiger partial charge >= 0.3 is 0 Å². The molecule has 4 nitrogen and oxygen atoms in total. The van der Waals surface area contributed by atoms with Crippen molar-refractivity contribution >= 4 is 22.4 Å². The molecule has 1 aromatic rings. The number of rotatable bonds is 2. The van der Waals surface area contributed by atoms with Gasteiger partial charge in [0.05, 0.1) is 0 Å². The zero-order valence-corrected chi connectivity index (χ0v) is 11.9. The summed E-state index contributed by atoms with van der Waals surface area (Å²) in [6.07, 6.45) is 0. The van der Waals surface area contributed by atoms with E-state index in [1.54, 1.807) is 0 Å². The fourth-order valence-corrected chi connectivity index (χ4v) is 3.51. The molecule has 108 valence electrons. The molecule has 0 spiro atoms. The second-order valence-electron chi connectivity index (χ2n) is 4.29. The molecule has 19 heavy (non-hydrogen) atoms. The van der Waals surface area contributed by atoms with Crippen molar-refractivity contribution in [1.29, 1.82) is 0 Å². The van der Waals surface area contributed by atoms with Crippen LogP contribution in [0.25, 0.3) is 0 Å². The lowest BCUT2D eigenvalue weighted by Crippen LogP contribution is -2.51. The van der Waals surface area contributed by atoms with Crippen molar-refractivity contribution in [2.75, 3.05) is 19.6 Å². The minimum atomic E-state index is -3.89. The van der Waals surface area contributed by atoms with Crippen LogP contribution in [-0.2, 0) is 10.0 Å². The van der Waals surface area contributed by atoms with Crippen molar-refractivity contribution in [3.05, 3.63) is 29.8 Å². The molecule has 2 rings (SSSR count). The summed E-state index contributed by atoms with van der Waals surface area (Å²) in [4.78, 5) is -0.474. The van der Waals surface area contributed by atoms with Gasteiger partial charge in [0.1, 0.15) is 16.5 Å². The molecule has 8 heteroatoms. The molecular formula is C11H15ClF2N2O2S. The molecular weight excluding hydrogens is 298 g/mol. The second-order valence-corrected chi connectivity index (χ2v) is 6.20. The van der Waals surface area contributed by atoms with Crippen molar-refractivity contribution in [2.45, 2.75) is 17.9 Å². The van der Waals surface area contributed by atoms with Crippen LogP contribution in [-0.4, -0.2) is 38.4 Å². The zero-order valence-electron chi connectivity index (χ0n) is 10.3. The van der Waals surface area contributed by atoms with Gasteiger partial charge in [-0.05, 0) is 19.1 Å². The standard InChI is InChI=1S/C11H14F2N2O2S.ClH/c1-8-7-15(5-4-14-8)18(16,17)11-3-2-9(12)6-10(11)13;/h2-3,6,8,14H,4-5,7H2,1H3;1H/t8-;/m1./s1. The highest BCUT2D eigenvalue weighted by molar-refractivity contribution is 7.89. The van der Waals surface area contributed by atoms with Gasteiger partial charge in [0, 0.05) is 31.7 Å². The topological polar surface area (TPSA) is 49.4 Å². The first-order valence-electron chi connectivity index (χ1n) is 5.60. The van der Waals surface area contributed by atoms with Crippen molar-refractivity contribution in [3.8, 4) is 0 Å². The number of halogens is 3. The van der Waals surface area contributed by atoms with Gasteiger partial charge in [0.25, 0.3) is 0 Å². The zero-order chi connectivity index (χ0) is 13.3. The van der Waals surface area contributed by atoms with E-state index >= 15 is 0 Å². The first-order valence-corrected chi connectivity index (χ1v) is 7.04. The maximum absolute atomic E-state index is 13.5. The van der Waals surface area contributed by atoms with Gasteiger partial charge in [0.2, 0.25) is 10.0 Å². The van der Waals surface area contributed by atoms with Crippen LogP contribution in [0.5, 0.6) is 0 Å². The second kappa shape index (κ2) is 6.13. The van der Waals surface area contributed by atoms with Crippen molar-refractivity contribution in [2.24, 2.45) is 0 Å². The average Bonchev–Trinajstić information content (AvgIpc) is 2.28. The summed E-state index contributed by atoms with van der Waals surface area (Å²) in [6.45, 7) is 2.93. The van der Waals surface area contributed by atoms with Gasteiger partial charge in [-0.2, -0.15) is 4.31 Å². The Kier molecular flexibility index (Phi) is 5.26. The lowest BCUT2D eigenvalue weighted by molar-refractivity contribution is 0.309. The number of hydrogen-bond acceptors (Lipinski definition) is 3. The predicted octanol–water partition coefficient (Wildman–Crippen LogP) is 1.37. The molecule has 1 aliphatic heterocycles. The molecule has 0 aliphatic carbocycles. The van der Waals surface area contributed by atoms with Crippen LogP contribution < -0.4 is 5.32 Å². The minimum Gasteiger partial charge on any atom is -0.312 e. The highest BCUT2D eigenvalue weighted by Crippen LogP contribution is 2.21. The van der Waals surface area contributed by atoms with Crippen LogP contribution in [0.2, 0.25) is 0 Å². The Hall–Kier alpha value is -0.760. The van der Waals surface area contributed by atoms with Gasteiger partial charge in [0.15, 0.2) is 0 Å². The van der Waals surface area contributed by atoms with Crippen molar-refractivity contribution < 1.29 is 17.2 Å². The summed E-state index contributed by atoms with van der Waals surface area (Å²) in [5.41, 5.74) is 0. The number of benzene rings is 1. The normalized spacial score (nSPS) is 20.9. The quantitative estimate of drug-likeness (QED) is 0.897. The largest absolute Gasteiger partial charge is 0.312 e. The summed E-state index contributed by atoms with van der Waals surface area (Å²) >= 11 is 0. The Morgan fingerprint density at radius 2 is 2.05 bits per heavy atom. The minimum absolute atomic E-state index is 0. The Balaban J connectivity index is 0.00000180. The van der Waals surface area contributed by atoms with E-state index in [1.807, 2.05) is 6.92 Å². The van der Waals surface area contributed by atoms with Crippen LogP contribution in [0.1, 0.15) is 6.92 Å². The fraction of sp³-hybridized carbons (Fsp3) is 0.455. The molecule has 1 aromatic carbocycles. The Bertz CT molecular complexity index is 554. The van der Waals surface area contributed by atoms with Crippen LogP contribution in [0.3, 0.4) is 0 Å². The van der Waals surface area contributed by atoms with E-state index in [0.717, 1.165) is 12.1 Å². The Labute approximate surface area is 117 Å². The number of nitrogens with zero attached hydrogens (tertiary/aromatic N) is 1. The third-order valence-corrected chi connectivity index (χ3v) is 4.74. The molecule has 0 unspecified atom stereocenters. The molecule has 0 radical (unpaired) electrons. The van der Waals surface area contributed by atoms with Gasteiger partial charge in [-0.25, -0.2) is 17.2 Å². The van der Waals surface area contributed by atoms with Gasteiger partial charge in [-0.15, -0.1) is 12.4 Å². The average molecular weight is 313 g/mol. The monoisotopic (exact) mass is 312 g/mol. The number of hydrogen-bond donors (Lipinski definition) is 1. The molecule has 1 heterocycles. The third kappa shape index (κ3) is 3.42. The number of nitrogens with one attached hydrogen (secondary N) is 1. The van der Waals surface area contributed by atoms with Crippen molar-refractivity contribution in [1.82, 2.24) is 9.62 Å². The van der Waals surface area contributed by atoms with E-state index in [0.29, 0.717) is 12.6 Å². The predicted molar refractivity (Wildman–Crippen MR) is 69.8 cm³/mol. The molecule has 0 amide bonds. The first kappa shape index (κ1) is 16.3. The summed E-state index contributed by atoms with van der Waals surface area (Å²) in [5.74, 6) is -1.85. The number of sulfonamides is 1. The van der Waals surface area contributed by atoms with Crippen LogP contribution in [0.15, 0.2) is 23.1 Å². The van der Waals surface area contributed by atoms with E-state index in [2.05, 4.69) is 5.32 Å². The molecule has 1 fully saturated rings. The summed E-state index contributed by atoms with van der Waals surface area (Å²) < 4.78 is 51.9. The maximum Gasteiger partial charge on any atom is 0.246 e. The van der Waals surface area contributed by atoms with Crippen molar-refractivity contribution in [3.63, 3.8) is 0 Å². The summed E-state index contributed by atoms with van der Waals surface area (Å²) in [7, 11) is -3.89. The molecule has 1 saturated heterocycles. The first-order chi connectivity index (χ1) is 8.41. The SMILES string of the molecule is C[C@@H]1CN(S(=O)(=O)c2ccc(F)cc2F)CCN1.Cl. The lowest BCUT2D eigenvalue weighted by Gasteiger charge is -2.31.